The quantitative estimate of drug-likeness (QED) is 0.317. The van der Waals surface area contributed by atoms with E-state index < -0.39 is 42.6 Å². The third kappa shape index (κ3) is 10.2. The minimum absolute atomic E-state index is 0.757. The largest absolute Gasteiger partial charge is 0.499 e. The van der Waals surface area contributed by atoms with Gasteiger partial charge in [0.1, 0.15) is 0 Å². The summed E-state index contributed by atoms with van der Waals surface area (Å²) in [5.74, 6) is 0. The molecule has 170 valence electrons. The summed E-state index contributed by atoms with van der Waals surface area (Å²) in [6.45, 7) is 15.4. The average molecular weight is 489 g/mol. The van der Waals surface area contributed by atoms with Crippen LogP contribution in [0.3, 0.4) is 0 Å². The van der Waals surface area contributed by atoms with Crippen molar-refractivity contribution in [1.82, 2.24) is 0 Å². The van der Waals surface area contributed by atoms with Crippen LogP contribution in [0.4, 0.5) is 0 Å². The Kier molecular flexibility index (Phi) is 11.8. The van der Waals surface area contributed by atoms with Gasteiger partial charge in [0.2, 0.25) is 0 Å². The molecule has 0 aliphatic rings. The lowest BCUT2D eigenvalue weighted by molar-refractivity contribution is 0.125. The van der Waals surface area contributed by atoms with Gasteiger partial charge in [-0.25, -0.2) is 0 Å². The Hall–Kier alpha value is 0.804. The minimum atomic E-state index is -2.58. The second kappa shape index (κ2) is 11.4. The molecule has 0 aromatic carbocycles. The van der Waals surface area contributed by atoms with Gasteiger partial charge in [-0.2, -0.15) is 0 Å². The maximum Gasteiger partial charge on any atom is 0.499 e. The minimum Gasteiger partial charge on any atom is -0.437 e. The van der Waals surface area contributed by atoms with E-state index in [1.54, 1.807) is 35.5 Å². The Bertz CT molecular complexity index is 446. The van der Waals surface area contributed by atoms with Gasteiger partial charge in [-0.15, -0.1) is 0 Å². The molecule has 0 spiro atoms. The summed E-state index contributed by atoms with van der Waals surface area (Å²) < 4.78 is 41.3. The van der Waals surface area contributed by atoms with Crippen LogP contribution in [-0.2, 0) is 30.4 Å². The highest BCUT2D eigenvalue weighted by Gasteiger charge is 2.44. The molecule has 7 nitrogen and oxygen atoms in total. The summed E-state index contributed by atoms with van der Waals surface area (Å²) in [5.41, 5.74) is 0. The van der Waals surface area contributed by atoms with Crippen molar-refractivity contribution in [2.45, 2.75) is 70.0 Å². The first-order chi connectivity index (χ1) is 12.6. The van der Waals surface area contributed by atoms with Crippen LogP contribution in [0.1, 0.15) is 0 Å². The molecule has 12 heteroatoms. The smallest absolute Gasteiger partial charge is 0.437 e. The van der Waals surface area contributed by atoms with Gasteiger partial charge in [0.25, 0.3) is 0 Å². The molecular formula is C16H44O7Si5. The van der Waals surface area contributed by atoms with Crippen molar-refractivity contribution in [3.8, 4) is 0 Å². The predicted octanol–water partition coefficient (Wildman–Crippen LogP) is 4.37. The molecule has 0 amide bonds. The summed E-state index contributed by atoms with van der Waals surface area (Å²) in [7, 11) is -2.33. The maximum atomic E-state index is 6.68. The molecule has 0 heterocycles. The van der Waals surface area contributed by atoms with E-state index in [0.717, 1.165) is 24.2 Å². The Balaban J connectivity index is 4.91. The second-order valence-corrected chi connectivity index (χ2v) is 28.1. The molecule has 0 bridgehead atoms. The fourth-order valence-corrected chi connectivity index (χ4v) is 24.8. The van der Waals surface area contributed by atoms with Crippen LogP contribution >= 0.6 is 0 Å². The highest BCUT2D eigenvalue weighted by Crippen LogP contribution is 2.30. The first kappa shape index (κ1) is 28.8. The van der Waals surface area contributed by atoms with Gasteiger partial charge in [0, 0.05) is 41.6 Å². The van der Waals surface area contributed by atoms with E-state index in [-0.39, 0.29) is 0 Å². The van der Waals surface area contributed by atoms with Crippen molar-refractivity contribution in [1.29, 1.82) is 0 Å². The standard InChI is InChI=1S/C16H44O7Si5/c1-17-27(12,18-2)15-13-24(6,7)22-26(10,11)23-25(8,9)14-16-28(19-3,20-4)21-5/h13-16H2,1-12H3. The first-order valence-corrected chi connectivity index (χ1v) is 23.3. The summed E-state index contributed by atoms with van der Waals surface area (Å²) in [6.07, 6.45) is 0. The average Bonchev–Trinajstić information content (AvgIpc) is 2.59. The first-order valence-electron chi connectivity index (χ1n) is 9.79. The SMILES string of the molecule is CO[Si](C)(CC[Si](C)(C)O[Si](C)(C)O[Si](C)(C)CC[Si](OC)(OC)OC)OC. The summed E-state index contributed by atoms with van der Waals surface area (Å²) in [4.78, 5) is 0. The van der Waals surface area contributed by atoms with Crippen LogP contribution in [0.25, 0.3) is 0 Å². The van der Waals surface area contributed by atoms with Crippen LogP contribution in [0, 0.1) is 0 Å². The zero-order chi connectivity index (χ0) is 22.3. The van der Waals surface area contributed by atoms with Crippen molar-refractivity contribution in [2.75, 3.05) is 35.5 Å². The summed E-state index contributed by atoms with van der Waals surface area (Å²) >= 11 is 0. The topological polar surface area (TPSA) is 64.6 Å². The van der Waals surface area contributed by atoms with Crippen LogP contribution in [-0.4, -0.2) is 78.1 Å². The van der Waals surface area contributed by atoms with Crippen molar-refractivity contribution >= 4 is 42.6 Å². The fourth-order valence-electron chi connectivity index (χ4n) is 3.28. The molecule has 0 atom stereocenters. The zero-order valence-corrected chi connectivity index (χ0v) is 25.2. The van der Waals surface area contributed by atoms with Gasteiger partial charge in [-0.1, -0.05) is 0 Å². The van der Waals surface area contributed by atoms with Gasteiger partial charge in [0.05, 0.1) is 0 Å². The van der Waals surface area contributed by atoms with E-state index in [9.17, 15) is 0 Å². The number of hydrogen-bond donors (Lipinski definition) is 0. The van der Waals surface area contributed by atoms with Gasteiger partial charge in [0.15, 0.2) is 16.6 Å². The molecule has 0 rings (SSSR count). The zero-order valence-electron chi connectivity index (χ0n) is 20.2. The van der Waals surface area contributed by atoms with Crippen LogP contribution < -0.4 is 0 Å². The molecule has 0 N–H and O–H groups in total. The van der Waals surface area contributed by atoms with E-state index in [1.165, 1.54) is 0 Å². The fraction of sp³-hybridized carbons (Fsp3) is 1.00. The lowest BCUT2D eigenvalue weighted by atomic mass is 10.9. The normalized spacial score (nSPS) is 14.6. The molecule has 0 aliphatic heterocycles. The molecular weight excluding hydrogens is 445 g/mol. The highest BCUT2D eigenvalue weighted by atomic mass is 28.5. The molecule has 0 radical (unpaired) electrons. The number of rotatable bonds is 15. The Labute approximate surface area is 178 Å². The van der Waals surface area contributed by atoms with Crippen molar-refractivity contribution in [2.24, 2.45) is 0 Å². The maximum absolute atomic E-state index is 6.68. The van der Waals surface area contributed by atoms with Crippen molar-refractivity contribution in [3.05, 3.63) is 0 Å². The Morgan fingerprint density at radius 2 is 0.821 bits per heavy atom. The lowest BCUT2D eigenvalue weighted by Gasteiger charge is -2.40. The Morgan fingerprint density at radius 1 is 0.464 bits per heavy atom. The molecule has 0 aromatic heterocycles. The van der Waals surface area contributed by atoms with E-state index in [2.05, 4.69) is 45.8 Å². The van der Waals surface area contributed by atoms with Crippen LogP contribution in [0.5, 0.6) is 0 Å². The monoisotopic (exact) mass is 488 g/mol. The third-order valence-electron chi connectivity index (χ3n) is 5.06. The Morgan fingerprint density at radius 3 is 1.14 bits per heavy atom. The molecule has 0 saturated heterocycles. The lowest BCUT2D eigenvalue weighted by Crippen LogP contribution is -2.53. The molecule has 0 unspecified atom stereocenters. The van der Waals surface area contributed by atoms with Gasteiger partial charge < -0.3 is 30.4 Å². The van der Waals surface area contributed by atoms with Crippen LogP contribution in [0.15, 0.2) is 0 Å². The van der Waals surface area contributed by atoms with Gasteiger partial charge >= 0.3 is 25.9 Å². The summed E-state index contributed by atoms with van der Waals surface area (Å²) in [5, 5.41) is 0. The number of hydrogen-bond acceptors (Lipinski definition) is 7. The molecule has 0 aliphatic carbocycles. The molecule has 0 aromatic rings. The molecule has 0 saturated carbocycles. The third-order valence-corrected chi connectivity index (χ3v) is 22.9. The van der Waals surface area contributed by atoms with Crippen LogP contribution in [0.2, 0.25) is 70.0 Å². The second-order valence-electron chi connectivity index (χ2n) is 8.96. The highest BCUT2D eigenvalue weighted by molar-refractivity contribution is 6.88. The van der Waals surface area contributed by atoms with Gasteiger partial charge in [-0.3, -0.25) is 0 Å². The van der Waals surface area contributed by atoms with E-state index in [4.69, 9.17) is 30.4 Å². The van der Waals surface area contributed by atoms with E-state index in [0.29, 0.717) is 0 Å². The molecule has 0 fully saturated rings. The molecule has 28 heavy (non-hydrogen) atoms. The van der Waals surface area contributed by atoms with Gasteiger partial charge in [-0.05, 0) is 64.0 Å². The predicted molar refractivity (Wildman–Crippen MR) is 126 cm³/mol. The van der Waals surface area contributed by atoms with E-state index >= 15 is 0 Å². The van der Waals surface area contributed by atoms with Crippen molar-refractivity contribution in [3.63, 3.8) is 0 Å². The summed E-state index contributed by atoms with van der Waals surface area (Å²) in [6, 6.07) is 3.61. The van der Waals surface area contributed by atoms with E-state index in [1.807, 2.05) is 0 Å². The van der Waals surface area contributed by atoms with Crippen molar-refractivity contribution < 1.29 is 30.4 Å².